The van der Waals surface area contributed by atoms with Crippen molar-refractivity contribution in [2.45, 2.75) is 220 Å². The lowest BCUT2D eigenvalue weighted by Crippen LogP contribution is -3.00. The number of hydrogen-bond donors (Lipinski definition) is 2. The number of aryl methyl sites for hydroxylation is 4. The van der Waals surface area contributed by atoms with E-state index in [1.54, 1.807) is 74.4 Å². The van der Waals surface area contributed by atoms with Crippen molar-refractivity contribution in [3.8, 4) is 28.7 Å². The van der Waals surface area contributed by atoms with Crippen LogP contribution in [-0.4, -0.2) is 158 Å². The largest absolute Gasteiger partial charge is 1.00 e. The van der Waals surface area contributed by atoms with Gasteiger partial charge in [-0.05, 0) is 242 Å². The molecule has 0 saturated carbocycles. The standard InChI is InChI=1S/C22H24F4O6S.C21H22F6O6S.C21H22F4O7S.C20H21ClF4O6S.C11H10BNO3.ClH/c1-7-13-10-14-9-12(3)17(19(20(27)30-8-2)31-21(4,5)6)18(15(14)11-16(13)23)32-33(28,29)22(24,25)26;1-6-31-19(28)17(32-20(3,4)5)15-10(2)7-11-8-13(18(23)24)14(22)9-12(11)16(15)33-34(29,30)21(25,26)27;1-6-30-19(27)18(31-20(3,4)5)16-11(2)7-12-8-13(10-26)15(22)9-14(12)17(16)32-33(28,29)21(23,24)25;1-6-29-18(26)17(30-19(3,4)5)15-10(2)7-11-8-13(21)14(22)9-12(11)16(15)31-32(27,28)20(23,24)25;14-12(15)8-1-2-9-10-7(4-6-16-9)3-5-13-11(8)10;/h7,9-11,19H,1,8H2,2-6H3;7-9,17-18H,6H2,1-5H3;7-10,18H,6H2,1-5H3;7-9,17H,6H2,1-5H3;1-3,5,14-15H,4,6H2;1H/t19-;17-;18-;17-;;/m0000../s1. The predicted octanol–water partition coefficient (Wildman–Crippen LogP) is 18.1. The second-order valence-electron chi connectivity index (χ2n) is 35.9. The number of ether oxygens (including phenoxy) is 9. The van der Waals surface area contributed by atoms with Crippen LogP contribution in [0.5, 0.6) is 28.7 Å². The molecule has 0 bridgehead atoms. The summed E-state index contributed by atoms with van der Waals surface area (Å²) in [6, 6.07) is 17.5. The second-order valence-corrected chi connectivity index (χ2v) is 42.5. The summed E-state index contributed by atoms with van der Waals surface area (Å²) < 4.78 is 403. The van der Waals surface area contributed by atoms with Gasteiger partial charge in [-0.1, -0.05) is 54.6 Å². The first-order valence-corrected chi connectivity index (χ1v) is 49.6. The molecule has 0 unspecified atom stereocenters. The highest BCUT2D eigenvalue weighted by atomic mass is 35.5. The third-order valence-corrected chi connectivity index (χ3v) is 24.2. The fourth-order valence-corrected chi connectivity index (χ4v) is 16.4. The van der Waals surface area contributed by atoms with Crippen LogP contribution in [0.15, 0.2) is 104 Å². The number of halogens is 20. The Kier molecular flexibility index (Phi) is 41.1. The van der Waals surface area contributed by atoms with Crippen molar-refractivity contribution in [2.75, 3.05) is 33.0 Å². The minimum absolute atomic E-state index is 0. The molecule has 1 aliphatic heterocycles. The van der Waals surface area contributed by atoms with E-state index >= 15 is 0 Å². The number of benzene rings is 9. The van der Waals surface area contributed by atoms with E-state index in [-0.39, 0.29) is 127 Å². The third-order valence-electron chi connectivity index (χ3n) is 20.1. The summed E-state index contributed by atoms with van der Waals surface area (Å²) in [6.45, 7) is 33.8. The molecular weight excluding hydrogens is 2150 g/mol. The van der Waals surface area contributed by atoms with Gasteiger partial charge in [0.1, 0.15) is 29.0 Å². The average Bonchev–Trinajstić information content (AvgIpc) is 0.750. The number of fused-ring (bicyclic) bond motifs is 4. The van der Waals surface area contributed by atoms with Gasteiger partial charge in [-0.25, -0.2) is 50.5 Å². The minimum atomic E-state index is -6.31. The number of alkyl halides is 14. The van der Waals surface area contributed by atoms with E-state index in [9.17, 15) is 147 Å². The molecule has 0 spiro atoms. The summed E-state index contributed by atoms with van der Waals surface area (Å²) in [5.41, 5.74) is -27.6. The molecule has 9 aromatic carbocycles. The first-order valence-electron chi connectivity index (χ1n) is 43.6. The molecule has 149 heavy (non-hydrogen) atoms. The summed E-state index contributed by atoms with van der Waals surface area (Å²) in [6.07, 6.45) is -6.04. The molecule has 29 nitrogen and oxygen atoms in total. The van der Waals surface area contributed by atoms with Gasteiger partial charge in [-0.2, -0.15) is 86.4 Å². The molecule has 0 saturated heterocycles. The predicted molar refractivity (Wildman–Crippen MR) is 503 cm³/mol. The Morgan fingerprint density at radius 3 is 1.01 bits per heavy atom. The molecule has 820 valence electrons. The van der Waals surface area contributed by atoms with E-state index < -0.39 is 220 Å². The van der Waals surface area contributed by atoms with Gasteiger partial charge in [-0.15, -0.1) is 0 Å². The molecule has 10 aromatic rings. The Bertz CT molecular complexity index is 7000. The number of carbonyl (C=O) groups is 5. The maximum absolute atomic E-state index is 14.5. The summed E-state index contributed by atoms with van der Waals surface area (Å²) in [5.74, 6) is -11.7. The summed E-state index contributed by atoms with van der Waals surface area (Å²) in [5, 5.41) is 17.5. The van der Waals surface area contributed by atoms with Crippen molar-refractivity contribution in [1.82, 2.24) is 0 Å². The number of carbonyl (C=O) groups excluding carboxylic acids is 5. The van der Waals surface area contributed by atoms with Gasteiger partial charge in [0, 0.05) is 61.8 Å². The third kappa shape index (κ3) is 31.2. The van der Waals surface area contributed by atoms with E-state index in [1.165, 1.54) is 118 Å². The molecule has 0 aliphatic carbocycles. The second kappa shape index (κ2) is 48.5. The zero-order valence-corrected chi connectivity index (χ0v) is 87.3. The molecule has 3 N–H and O–H groups in total. The highest BCUT2D eigenvalue weighted by molar-refractivity contribution is 7.88. The number of hydrogen-bond acceptors (Lipinski definition) is 28. The summed E-state index contributed by atoms with van der Waals surface area (Å²) >= 11 is 5.77. The Hall–Kier alpha value is -11.3. The van der Waals surface area contributed by atoms with Crippen molar-refractivity contribution in [2.24, 2.45) is 0 Å². The molecule has 54 heteroatoms. The van der Waals surface area contributed by atoms with Crippen molar-refractivity contribution in [1.29, 1.82) is 0 Å². The number of pyridine rings is 1. The van der Waals surface area contributed by atoms with E-state index in [2.05, 4.69) is 28.3 Å². The monoisotopic (exact) mass is 2250 g/mol. The van der Waals surface area contributed by atoms with Crippen LogP contribution in [0.3, 0.4) is 0 Å². The van der Waals surface area contributed by atoms with Crippen LogP contribution in [0.25, 0.3) is 60.1 Å². The fourth-order valence-electron chi connectivity index (χ4n) is 14.3. The lowest BCUT2D eigenvalue weighted by atomic mass is 9.78. The Balaban J connectivity index is 0.000000288. The van der Waals surface area contributed by atoms with Gasteiger partial charge < -0.3 is 81.8 Å². The summed E-state index contributed by atoms with van der Waals surface area (Å²) in [7, 11) is -26.4. The van der Waals surface area contributed by atoms with Crippen LogP contribution < -0.4 is 44.3 Å². The number of aldehydes is 1. The number of nitrogens with one attached hydrogen (secondary N) is 1. The van der Waals surface area contributed by atoms with Gasteiger partial charge in [0.15, 0.2) is 59.9 Å². The smallest absolute Gasteiger partial charge is 0.534 e. The normalized spacial score (nSPS) is 13.6. The van der Waals surface area contributed by atoms with Crippen LogP contribution in [-0.2, 0) is 104 Å². The van der Waals surface area contributed by atoms with Crippen LogP contribution in [0.4, 0.5) is 79.0 Å². The summed E-state index contributed by atoms with van der Waals surface area (Å²) in [4.78, 5) is 64.9. The molecule has 4 atom stereocenters. The Labute approximate surface area is 854 Å². The Morgan fingerprint density at radius 1 is 0.443 bits per heavy atom. The maximum Gasteiger partial charge on any atom is 0.534 e. The number of aromatic amines is 1. The lowest BCUT2D eigenvalue weighted by molar-refractivity contribution is -0.344. The zero-order chi connectivity index (χ0) is 113. The molecule has 2 heterocycles. The number of esters is 4. The average molecular weight is 2260 g/mol. The topological polar surface area (TPSA) is 396 Å². The maximum atomic E-state index is 14.5. The number of aromatic nitrogens is 1. The lowest BCUT2D eigenvalue weighted by Gasteiger charge is -2.29. The highest BCUT2D eigenvalue weighted by Crippen LogP contribution is 2.50. The number of H-pyrrole nitrogens is 1. The van der Waals surface area contributed by atoms with Crippen LogP contribution in [0.2, 0.25) is 5.02 Å². The van der Waals surface area contributed by atoms with Gasteiger partial charge in [0.05, 0.1) is 82.4 Å². The SMILES string of the molecule is C=Cc1cc2cc(C)c([C@H](OC(C)(C)C)C(=O)OCC)c(OS(=O)(=O)C(F)(F)F)c2cc1F.CCOC(=O)[C@@H](OC(C)(C)C)c1c(C)cc2cc(C(F)F)c(F)cc2c1OS(=O)(=O)C(F)(F)F.CCOC(=O)[C@@H](OC(C)(C)C)c1c(C)cc2cc(C=O)c(F)cc2c1OS(=O)(=O)C(F)(F)F.CCOC(=O)[C@@H](OC(C)(C)C)c1c(C)cc2cc(Cl)c(F)cc2c1OS(=O)(=O)C(F)(F)F.OB(O)c1ccc2c3c(cc[nH+]c13)CCO2.[Cl-]. The molecule has 0 amide bonds. The fraction of sp³-hybridized carbons (Fsp3) is 0.411. The van der Waals surface area contributed by atoms with Crippen molar-refractivity contribution in [3.05, 3.63) is 199 Å². The number of rotatable bonds is 28. The zero-order valence-electron chi connectivity index (χ0n) is 82.5. The molecule has 1 aromatic heterocycles. The van der Waals surface area contributed by atoms with Crippen molar-refractivity contribution < 1.29 is 223 Å². The van der Waals surface area contributed by atoms with E-state index in [0.29, 0.717) is 30.3 Å². The minimum Gasteiger partial charge on any atom is -1.00 e. The first kappa shape index (κ1) is 126. The van der Waals surface area contributed by atoms with E-state index in [4.69, 9.17) is 54.2 Å². The van der Waals surface area contributed by atoms with E-state index in [1.807, 2.05) is 12.3 Å². The van der Waals surface area contributed by atoms with Gasteiger partial charge >= 0.3 is 93.5 Å². The molecule has 11 rings (SSSR count). The quantitative estimate of drug-likeness (QED) is 0.00874. The van der Waals surface area contributed by atoms with Gasteiger partial charge in [-0.3, -0.25) is 4.79 Å². The van der Waals surface area contributed by atoms with Crippen molar-refractivity contribution >= 4 is 155 Å². The molecule has 0 radical (unpaired) electrons. The highest BCUT2D eigenvalue weighted by Gasteiger charge is 2.54. The molecular formula is C95H100BCl2F18NO28S4. The Morgan fingerprint density at radius 2 is 0.732 bits per heavy atom. The van der Waals surface area contributed by atoms with Crippen LogP contribution in [0.1, 0.15) is 213 Å². The molecule has 0 fully saturated rings. The van der Waals surface area contributed by atoms with Crippen LogP contribution >= 0.6 is 11.6 Å². The van der Waals surface area contributed by atoms with E-state index in [0.717, 1.165) is 47.3 Å². The van der Waals surface area contributed by atoms with Gasteiger partial charge in [0.2, 0.25) is 5.52 Å². The first-order chi connectivity index (χ1) is 67.7. The van der Waals surface area contributed by atoms with Crippen LogP contribution in [0, 0.1) is 51.0 Å². The van der Waals surface area contributed by atoms with Crippen molar-refractivity contribution in [3.63, 3.8) is 0 Å². The molecule has 1 aliphatic rings. The van der Waals surface area contributed by atoms with Gasteiger partial charge in [0.25, 0.3) is 6.43 Å².